The smallest absolute Gasteiger partial charge is 0.355 e. The highest BCUT2D eigenvalue weighted by molar-refractivity contribution is 6.15. The van der Waals surface area contributed by atoms with Crippen molar-refractivity contribution in [3.8, 4) is 0 Å². The molecule has 0 saturated carbocycles. The lowest BCUT2D eigenvalue weighted by Gasteiger charge is -2.10. The van der Waals surface area contributed by atoms with E-state index in [1.54, 1.807) is 25.1 Å². The van der Waals surface area contributed by atoms with Gasteiger partial charge in [0.1, 0.15) is 17.1 Å². The Hall–Kier alpha value is -3.68. The van der Waals surface area contributed by atoms with Crippen molar-refractivity contribution in [2.75, 3.05) is 19.0 Å². The summed E-state index contributed by atoms with van der Waals surface area (Å²) in [6, 6.07) is 10.7. The summed E-state index contributed by atoms with van der Waals surface area (Å²) in [6.07, 6.45) is 4.20. The first-order valence-electron chi connectivity index (χ1n) is 8.41. The second-order valence-corrected chi connectivity index (χ2v) is 5.34. The molecule has 0 atom stereocenters. The molecule has 2 aromatic rings. The van der Waals surface area contributed by atoms with Crippen molar-refractivity contribution < 1.29 is 23.5 Å². The standard InChI is InChI=1S/C20H20FN3O4/c1-3-28-19(25)16(17-6-4-5-11-22-17)12-24-18(20(26)27-2)13-23-15-9-7-14(21)8-10-15/h4-13,23-24H,3H2,1-2H3/b16-12-,18-13+. The third-order valence-electron chi connectivity index (χ3n) is 3.44. The van der Waals surface area contributed by atoms with E-state index in [2.05, 4.69) is 15.6 Å². The summed E-state index contributed by atoms with van der Waals surface area (Å²) < 4.78 is 22.8. The minimum absolute atomic E-state index is 0.0181. The fraction of sp³-hybridized carbons (Fsp3) is 0.150. The number of methoxy groups -OCH3 is 1. The second-order valence-electron chi connectivity index (χ2n) is 5.34. The number of carbonyl (C=O) groups excluding carboxylic acids is 2. The van der Waals surface area contributed by atoms with E-state index in [-0.39, 0.29) is 23.7 Å². The van der Waals surface area contributed by atoms with Crippen molar-refractivity contribution in [1.82, 2.24) is 10.3 Å². The topological polar surface area (TPSA) is 89.6 Å². The van der Waals surface area contributed by atoms with Gasteiger partial charge in [0.2, 0.25) is 0 Å². The van der Waals surface area contributed by atoms with Gasteiger partial charge in [0.25, 0.3) is 0 Å². The number of benzene rings is 1. The molecule has 1 aromatic heterocycles. The Labute approximate surface area is 161 Å². The molecular weight excluding hydrogens is 365 g/mol. The van der Waals surface area contributed by atoms with Crippen LogP contribution >= 0.6 is 0 Å². The fourth-order valence-corrected chi connectivity index (χ4v) is 2.09. The highest BCUT2D eigenvalue weighted by atomic mass is 19.1. The first-order valence-corrected chi connectivity index (χ1v) is 8.41. The fourth-order valence-electron chi connectivity index (χ4n) is 2.09. The molecule has 0 amide bonds. The predicted octanol–water partition coefficient (Wildman–Crippen LogP) is 2.84. The zero-order chi connectivity index (χ0) is 20.4. The summed E-state index contributed by atoms with van der Waals surface area (Å²) in [4.78, 5) is 28.4. The maximum Gasteiger partial charge on any atom is 0.355 e. The third kappa shape index (κ3) is 5.94. The van der Waals surface area contributed by atoms with E-state index in [1.807, 2.05) is 0 Å². The number of rotatable bonds is 8. The van der Waals surface area contributed by atoms with Gasteiger partial charge in [-0.15, -0.1) is 0 Å². The Bertz CT molecular complexity index is 865. The molecule has 1 heterocycles. The summed E-state index contributed by atoms with van der Waals surface area (Å²) in [5.74, 6) is -1.64. The zero-order valence-electron chi connectivity index (χ0n) is 15.4. The number of carbonyl (C=O) groups is 2. The van der Waals surface area contributed by atoms with Gasteiger partial charge >= 0.3 is 11.9 Å². The van der Waals surface area contributed by atoms with Gasteiger partial charge in [-0.2, -0.15) is 0 Å². The number of halogens is 1. The zero-order valence-corrected chi connectivity index (χ0v) is 15.4. The Morgan fingerprint density at radius 3 is 2.46 bits per heavy atom. The average Bonchev–Trinajstić information content (AvgIpc) is 2.72. The Morgan fingerprint density at radius 2 is 1.86 bits per heavy atom. The first-order chi connectivity index (χ1) is 13.5. The molecule has 7 nitrogen and oxygen atoms in total. The monoisotopic (exact) mass is 385 g/mol. The highest BCUT2D eigenvalue weighted by Gasteiger charge is 2.16. The summed E-state index contributed by atoms with van der Waals surface area (Å²) in [5.41, 5.74) is 1.09. The molecular formula is C20H20FN3O4. The van der Waals surface area contributed by atoms with E-state index in [1.165, 1.54) is 50.0 Å². The van der Waals surface area contributed by atoms with E-state index in [4.69, 9.17) is 9.47 Å². The van der Waals surface area contributed by atoms with Crippen LogP contribution in [0.4, 0.5) is 10.1 Å². The number of anilines is 1. The molecule has 0 saturated heterocycles. The van der Waals surface area contributed by atoms with Crippen LogP contribution in [0.15, 0.2) is 66.8 Å². The lowest BCUT2D eigenvalue weighted by molar-refractivity contribution is -0.137. The number of nitrogens with one attached hydrogen (secondary N) is 2. The number of aromatic nitrogens is 1. The molecule has 0 spiro atoms. The van der Waals surface area contributed by atoms with Crippen LogP contribution in [-0.2, 0) is 19.1 Å². The van der Waals surface area contributed by atoms with Gasteiger partial charge < -0.3 is 20.1 Å². The normalized spacial score (nSPS) is 11.5. The van der Waals surface area contributed by atoms with Crippen molar-refractivity contribution >= 4 is 23.2 Å². The average molecular weight is 385 g/mol. The molecule has 0 aliphatic rings. The van der Waals surface area contributed by atoms with Gasteiger partial charge in [-0.3, -0.25) is 4.98 Å². The number of pyridine rings is 1. The molecule has 0 unspecified atom stereocenters. The van der Waals surface area contributed by atoms with Crippen molar-refractivity contribution in [3.63, 3.8) is 0 Å². The van der Waals surface area contributed by atoms with Gasteiger partial charge in [-0.25, -0.2) is 14.0 Å². The Balaban J connectivity index is 2.27. The van der Waals surface area contributed by atoms with Gasteiger partial charge in [0, 0.05) is 24.3 Å². The number of nitrogens with zero attached hydrogens (tertiary/aromatic N) is 1. The van der Waals surface area contributed by atoms with Gasteiger partial charge in [-0.1, -0.05) is 6.07 Å². The maximum atomic E-state index is 13.0. The van der Waals surface area contributed by atoms with Gasteiger partial charge in [0.15, 0.2) is 0 Å². The van der Waals surface area contributed by atoms with Crippen LogP contribution in [0.25, 0.3) is 5.57 Å². The van der Waals surface area contributed by atoms with Crippen LogP contribution in [-0.4, -0.2) is 30.6 Å². The van der Waals surface area contributed by atoms with Crippen LogP contribution in [0.1, 0.15) is 12.6 Å². The van der Waals surface area contributed by atoms with Gasteiger partial charge in [-0.05, 0) is 43.3 Å². The summed E-state index contributed by atoms with van der Waals surface area (Å²) in [6.45, 7) is 1.88. The van der Waals surface area contributed by atoms with Crippen molar-refractivity contribution in [3.05, 3.63) is 78.3 Å². The summed E-state index contributed by atoms with van der Waals surface area (Å²) in [5, 5.41) is 5.59. The van der Waals surface area contributed by atoms with E-state index in [0.717, 1.165) is 0 Å². The number of hydrogen-bond donors (Lipinski definition) is 2. The molecule has 0 aliphatic heterocycles. The van der Waals surface area contributed by atoms with Gasteiger partial charge in [0.05, 0.1) is 19.4 Å². The molecule has 0 fully saturated rings. The third-order valence-corrected chi connectivity index (χ3v) is 3.44. The van der Waals surface area contributed by atoms with Crippen LogP contribution in [0.5, 0.6) is 0 Å². The molecule has 8 heteroatoms. The molecule has 0 radical (unpaired) electrons. The lowest BCUT2D eigenvalue weighted by Crippen LogP contribution is -2.20. The first kappa shape index (κ1) is 20.6. The molecule has 0 aliphatic carbocycles. The van der Waals surface area contributed by atoms with Crippen LogP contribution < -0.4 is 10.6 Å². The number of esters is 2. The maximum absolute atomic E-state index is 13.0. The minimum Gasteiger partial charge on any atom is -0.464 e. The lowest BCUT2D eigenvalue weighted by atomic mass is 10.2. The minimum atomic E-state index is -0.671. The SMILES string of the molecule is CCOC(=O)/C(=C\N/C(=C/Nc1ccc(F)cc1)C(=O)OC)c1ccccn1. The summed E-state index contributed by atoms with van der Waals surface area (Å²) >= 11 is 0. The largest absolute Gasteiger partial charge is 0.464 e. The highest BCUT2D eigenvalue weighted by Crippen LogP contribution is 2.13. The Morgan fingerprint density at radius 1 is 1.11 bits per heavy atom. The molecule has 2 N–H and O–H groups in total. The van der Waals surface area contributed by atoms with E-state index < -0.39 is 11.9 Å². The quantitative estimate of drug-likeness (QED) is 0.533. The Kier molecular flexibility index (Phi) is 7.71. The van der Waals surface area contributed by atoms with Crippen molar-refractivity contribution in [1.29, 1.82) is 0 Å². The molecule has 28 heavy (non-hydrogen) atoms. The predicted molar refractivity (Wildman–Crippen MR) is 102 cm³/mol. The van der Waals surface area contributed by atoms with Crippen molar-refractivity contribution in [2.24, 2.45) is 0 Å². The number of hydrogen-bond acceptors (Lipinski definition) is 7. The van der Waals surface area contributed by atoms with Crippen molar-refractivity contribution in [2.45, 2.75) is 6.92 Å². The molecule has 1 aromatic carbocycles. The van der Waals surface area contributed by atoms with Crippen LogP contribution in [0, 0.1) is 5.82 Å². The number of ether oxygens (including phenoxy) is 2. The molecule has 0 bridgehead atoms. The van der Waals surface area contributed by atoms with E-state index >= 15 is 0 Å². The second kappa shape index (κ2) is 10.5. The summed E-state index contributed by atoms with van der Waals surface area (Å²) in [7, 11) is 1.23. The molecule has 2 rings (SSSR count). The van der Waals surface area contributed by atoms with E-state index in [9.17, 15) is 14.0 Å². The van der Waals surface area contributed by atoms with Crippen LogP contribution in [0.2, 0.25) is 0 Å². The van der Waals surface area contributed by atoms with E-state index in [0.29, 0.717) is 11.4 Å². The van der Waals surface area contributed by atoms with Crippen LogP contribution in [0.3, 0.4) is 0 Å². The molecule has 146 valence electrons.